The molecule has 1 aliphatic heterocycles. The van der Waals surface area contributed by atoms with Crippen molar-refractivity contribution in [3.8, 4) is 0 Å². The number of nitrogens with zero attached hydrogens (tertiary/aromatic N) is 3. The highest BCUT2D eigenvalue weighted by molar-refractivity contribution is 6.08. The zero-order valence-electron chi connectivity index (χ0n) is 23.2. The van der Waals surface area contributed by atoms with Gasteiger partial charge in [-0.25, -0.2) is 19.4 Å². The Bertz CT molecular complexity index is 945. The van der Waals surface area contributed by atoms with Crippen molar-refractivity contribution in [3.63, 3.8) is 0 Å². The van der Waals surface area contributed by atoms with Crippen molar-refractivity contribution >= 4 is 24.1 Å². The average Bonchev–Trinajstić information content (AvgIpc) is 2.97. The Morgan fingerprint density at radius 1 is 0.917 bits per heavy atom. The van der Waals surface area contributed by atoms with Gasteiger partial charge in [0.2, 0.25) is 0 Å². The Hall–Kier alpha value is -2.88. The summed E-state index contributed by atoms with van der Waals surface area (Å²) in [5.41, 5.74) is -1.02. The third kappa shape index (κ3) is 8.96. The number of anilines is 1. The predicted molar refractivity (Wildman–Crippen MR) is 135 cm³/mol. The summed E-state index contributed by atoms with van der Waals surface area (Å²) < 4.78 is 16.3. The smallest absolute Gasteiger partial charge is 0.425 e. The molecule has 3 amide bonds. The maximum absolute atomic E-state index is 13.0. The number of amides is 3. The van der Waals surface area contributed by atoms with Gasteiger partial charge in [0.15, 0.2) is 0 Å². The number of likely N-dealkylation sites (tertiary alicyclic amines) is 1. The second-order valence-corrected chi connectivity index (χ2v) is 12.2. The van der Waals surface area contributed by atoms with E-state index >= 15 is 0 Å². The van der Waals surface area contributed by atoms with Crippen LogP contribution in [0.1, 0.15) is 73.6 Å². The first-order chi connectivity index (χ1) is 16.2. The normalized spacial score (nSPS) is 18.6. The molecule has 1 saturated heterocycles. The lowest BCUT2D eigenvalue weighted by molar-refractivity contribution is 0.0268. The van der Waals surface area contributed by atoms with Gasteiger partial charge in [0.1, 0.15) is 22.6 Å². The van der Waals surface area contributed by atoms with E-state index < -0.39 is 41.2 Å². The number of imide groups is 1. The summed E-state index contributed by atoms with van der Waals surface area (Å²) >= 11 is 0. The number of carbonyl (C=O) groups is 3. The Kier molecular flexibility index (Phi) is 8.66. The standard InChI is InChI=1S/C26H41N3O7/c1-16-11-18(13-17-14-28(15-19(17)30)21(31)34-24(2,3)4)27-20(12-16)29(22(32)35-25(5,6)7)23(33)36-26(8,9)10/h11-12,17,19,30H,13-15H2,1-10H3/t17-,19-/m1/s1. The molecule has 2 atom stereocenters. The van der Waals surface area contributed by atoms with Crippen LogP contribution in [-0.2, 0) is 20.6 Å². The number of carbonyl (C=O) groups excluding carboxylic acids is 3. The molecule has 36 heavy (non-hydrogen) atoms. The molecule has 0 unspecified atom stereocenters. The molecular formula is C26H41N3O7. The number of β-amino-alcohol motifs (C(OH)–C–C–N with tert-alkyl or cyclic N) is 1. The van der Waals surface area contributed by atoms with E-state index in [1.54, 1.807) is 68.4 Å². The third-order valence-corrected chi connectivity index (χ3v) is 4.92. The van der Waals surface area contributed by atoms with E-state index in [-0.39, 0.29) is 18.3 Å². The quantitative estimate of drug-likeness (QED) is 0.578. The highest BCUT2D eigenvalue weighted by atomic mass is 16.6. The first kappa shape index (κ1) is 29.4. The molecule has 0 bridgehead atoms. The van der Waals surface area contributed by atoms with Crippen LogP contribution in [0.15, 0.2) is 12.1 Å². The first-order valence-electron chi connectivity index (χ1n) is 12.1. The van der Waals surface area contributed by atoms with E-state index in [9.17, 15) is 19.5 Å². The Morgan fingerprint density at radius 2 is 1.42 bits per heavy atom. The Balaban J connectivity index is 2.31. The number of aliphatic hydroxyl groups excluding tert-OH is 1. The molecule has 0 aliphatic carbocycles. The molecule has 1 aromatic rings. The molecule has 1 aliphatic rings. The molecule has 0 radical (unpaired) electrons. The van der Waals surface area contributed by atoms with E-state index in [1.807, 2.05) is 13.0 Å². The van der Waals surface area contributed by atoms with E-state index in [4.69, 9.17) is 14.2 Å². The second kappa shape index (κ2) is 10.6. The van der Waals surface area contributed by atoms with Gasteiger partial charge in [-0.2, -0.15) is 4.90 Å². The summed E-state index contributed by atoms with van der Waals surface area (Å²) in [6, 6.07) is 3.41. The number of aliphatic hydroxyl groups is 1. The molecule has 1 fully saturated rings. The minimum Gasteiger partial charge on any atom is -0.444 e. The highest BCUT2D eigenvalue weighted by Crippen LogP contribution is 2.26. The lowest BCUT2D eigenvalue weighted by atomic mass is 9.99. The van der Waals surface area contributed by atoms with Crippen molar-refractivity contribution in [3.05, 3.63) is 23.4 Å². The third-order valence-electron chi connectivity index (χ3n) is 4.92. The molecule has 0 saturated carbocycles. The van der Waals surface area contributed by atoms with Crippen molar-refractivity contribution in [1.29, 1.82) is 0 Å². The van der Waals surface area contributed by atoms with Gasteiger partial charge in [-0.05, 0) is 93.4 Å². The zero-order valence-corrected chi connectivity index (χ0v) is 23.2. The molecular weight excluding hydrogens is 466 g/mol. The van der Waals surface area contributed by atoms with Crippen LogP contribution in [0, 0.1) is 12.8 Å². The van der Waals surface area contributed by atoms with E-state index in [1.165, 1.54) is 4.90 Å². The maximum Gasteiger partial charge on any atom is 0.425 e. The van der Waals surface area contributed by atoms with Gasteiger partial charge >= 0.3 is 18.3 Å². The van der Waals surface area contributed by atoms with Gasteiger partial charge in [0, 0.05) is 18.2 Å². The number of ether oxygens (including phenoxy) is 3. The molecule has 10 nitrogen and oxygen atoms in total. The van der Waals surface area contributed by atoms with Gasteiger partial charge < -0.3 is 24.2 Å². The van der Waals surface area contributed by atoms with Gasteiger partial charge in [-0.15, -0.1) is 0 Å². The monoisotopic (exact) mass is 507 g/mol. The molecule has 10 heteroatoms. The number of hydrogen-bond acceptors (Lipinski definition) is 8. The molecule has 202 valence electrons. The summed E-state index contributed by atoms with van der Waals surface area (Å²) in [5, 5.41) is 10.6. The summed E-state index contributed by atoms with van der Waals surface area (Å²) in [6.45, 7) is 17.8. The topological polar surface area (TPSA) is 119 Å². The van der Waals surface area contributed by atoms with Crippen molar-refractivity contribution in [1.82, 2.24) is 9.88 Å². The van der Waals surface area contributed by atoms with Crippen LogP contribution in [0.4, 0.5) is 20.2 Å². The lowest BCUT2D eigenvalue weighted by Gasteiger charge is -2.28. The van der Waals surface area contributed by atoms with Crippen LogP contribution in [-0.4, -0.2) is 69.3 Å². The molecule has 1 N–H and O–H groups in total. The first-order valence-corrected chi connectivity index (χ1v) is 12.1. The summed E-state index contributed by atoms with van der Waals surface area (Å²) in [5.74, 6) is -0.235. The minimum absolute atomic E-state index is 0.0602. The van der Waals surface area contributed by atoms with Crippen molar-refractivity contribution in [2.75, 3.05) is 18.0 Å². The SMILES string of the molecule is Cc1cc(C[C@@H]2CN(C(=O)OC(C)(C)C)C[C@H]2O)nc(N(C(=O)OC(C)(C)C)C(=O)OC(C)(C)C)c1. The fourth-order valence-corrected chi connectivity index (χ4v) is 3.61. The maximum atomic E-state index is 13.0. The van der Waals surface area contributed by atoms with E-state index in [2.05, 4.69) is 4.98 Å². The van der Waals surface area contributed by atoms with Crippen LogP contribution < -0.4 is 4.90 Å². The van der Waals surface area contributed by atoms with Gasteiger partial charge in [0.25, 0.3) is 0 Å². The lowest BCUT2D eigenvalue weighted by Crippen LogP contribution is -2.44. The van der Waals surface area contributed by atoms with E-state index in [0.29, 0.717) is 18.7 Å². The fourth-order valence-electron chi connectivity index (χ4n) is 3.61. The highest BCUT2D eigenvalue weighted by Gasteiger charge is 2.37. The fraction of sp³-hybridized carbons (Fsp3) is 0.692. The van der Waals surface area contributed by atoms with E-state index in [0.717, 1.165) is 10.5 Å². The number of pyridine rings is 1. The van der Waals surface area contributed by atoms with Crippen molar-refractivity contribution in [2.24, 2.45) is 5.92 Å². The number of hydrogen-bond donors (Lipinski definition) is 1. The average molecular weight is 508 g/mol. The van der Waals surface area contributed by atoms with Crippen molar-refractivity contribution < 1.29 is 33.7 Å². The number of aryl methyl sites for hydroxylation is 1. The Labute approximate surface area is 213 Å². The second-order valence-electron chi connectivity index (χ2n) is 12.2. The van der Waals surface area contributed by atoms with Crippen LogP contribution in [0.25, 0.3) is 0 Å². The molecule has 1 aromatic heterocycles. The van der Waals surface area contributed by atoms with Crippen LogP contribution in [0.2, 0.25) is 0 Å². The van der Waals surface area contributed by atoms with Crippen molar-refractivity contribution in [2.45, 2.75) is 98.6 Å². The zero-order chi connectivity index (χ0) is 27.6. The molecule has 2 heterocycles. The van der Waals surface area contributed by atoms with Crippen LogP contribution >= 0.6 is 0 Å². The summed E-state index contributed by atoms with van der Waals surface area (Å²) in [6.07, 6.45) is -2.74. The van der Waals surface area contributed by atoms with Gasteiger partial charge in [0.05, 0.1) is 12.6 Å². The number of aromatic nitrogens is 1. The van der Waals surface area contributed by atoms with Crippen LogP contribution in [0.5, 0.6) is 0 Å². The molecule has 0 aromatic carbocycles. The molecule has 2 rings (SSSR count). The number of rotatable bonds is 3. The van der Waals surface area contributed by atoms with Gasteiger partial charge in [-0.3, -0.25) is 0 Å². The predicted octanol–water partition coefficient (Wildman–Crippen LogP) is 4.84. The Morgan fingerprint density at radius 3 is 1.89 bits per heavy atom. The van der Waals surface area contributed by atoms with Crippen LogP contribution in [0.3, 0.4) is 0 Å². The minimum atomic E-state index is -0.905. The van der Waals surface area contributed by atoms with Gasteiger partial charge in [-0.1, -0.05) is 0 Å². The summed E-state index contributed by atoms with van der Waals surface area (Å²) in [4.78, 5) is 45.3. The largest absolute Gasteiger partial charge is 0.444 e. The molecule has 0 spiro atoms. The summed E-state index contributed by atoms with van der Waals surface area (Å²) in [7, 11) is 0.